The zero-order valence-electron chi connectivity index (χ0n) is 13.7. The second-order valence-electron chi connectivity index (χ2n) is 7.28. The van der Waals surface area contributed by atoms with Gasteiger partial charge in [0.25, 0.3) is 0 Å². The van der Waals surface area contributed by atoms with Crippen LogP contribution in [0.15, 0.2) is 0 Å². The molecule has 0 aromatic heterocycles. The van der Waals surface area contributed by atoms with Crippen molar-refractivity contribution in [1.29, 1.82) is 0 Å². The van der Waals surface area contributed by atoms with E-state index in [2.05, 4.69) is 5.32 Å². The summed E-state index contributed by atoms with van der Waals surface area (Å²) in [5.41, 5.74) is 0. The standard InChI is InChI=1S/C18H31NO3/c20-18(14-6-5-7-14)19-12-17(22-16-10-3-4-11-16)13-21-15-8-1-2-9-15/h14-17H,1-13H2,(H,19,20). The minimum Gasteiger partial charge on any atom is -0.375 e. The number of carbonyl (C=O) groups excluding carboxylic acids is 1. The highest BCUT2D eigenvalue weighted by Gasteiger charge is 2.27. The lowest BCUT2D eigenvalue weighted by Crippen LogP contribution is -2.42. The third-order valence-electron chi connectivity index (χ3n) is 5.49. The average Bonchev–Trinajstić information content (AvgIpc) is 3.13. The van der Waals surface area contributed by atoms with Crippen molar-refractivity contribution >= 4 is 5.91 Å². The Morgan fingerprint density at radius 1 is 0.909 bits per heavy atom. The number of amides is 1. The first-order valence-electron chi connectivity index (χ1n) is 9.36. The summed E-state index contributed by atoms with van der Waals surface area (Å²) < 4.78 is 12.2. The molecule has 4 heteroatoms. The lowest BCUT2D eigenvalue weighted by Gasteiger charge is -2.27. The van der Waals surface area contributed by atoms with Crippen LogP contribution in [0.4, 0.5) is 0 Å². The maximum absolute atomic E-state index is 12.0. The van der Waals surface area contributed by atoms with Gasteiger partial charge in [0, 0.05) is 12.5 Å². The van der Waals surface area contributed by atoms with Crippen LogP contribution in [0.2, 0.25) is 0 Å². The first-order valence-corrected chi connectivity index (χ1v) is 9.36. The molecule has 1 N–H and O–H groups in total. The van der Waals surface area contributed by atoms with E-state index in [1.54, 1.807) is 0 Å². The van der Waals surface area contributed by atoms with Crippen molar-refractivity contribution in [1.82, 2.24) is 5.32 Å². The van der Waals surface area contributed by atoms with Crippen molar-refractivity contribution in [3.05, 3.63) is 0 Å². The van der Waals surface area contributed by atoms with Crippen LogP contribution in [0.3, 0.4) is 0 Å². The summed E-state index contributed by atoms with van der Waals surface area (Å²) in [5.74, 6) is 0.468. The third kappa shape index (κ3) is 4.69. The van der Waals surface area contributed by atoms with Gasteiger partial charge in [-0.05, 0) is 38.5 Å². The highest BCUT2D eigenvalue weighted by molar-refractivity contribution is 5.79. The molecule has 1 unspecified atom stereocenters. The predicted molar refractivity (Wildman–Crippen MR) is 85.7 cm³/mol. The molecule has 3 aliphatic rings. The van der Waals surface area contributed by atoms with Crippen LogP contribution >= 0.6 is 0 Å². The van der Waals surface area contributed by atoms with E-state index in [-0.39, 0.29) is 17.9 Å². The van der Waals surface area contributed by atoms with Crippen LogP contribution in [0, 0.1) is 5.92 Å². The van der Waals surface area contributed by atoms with Gasteiger partial charge < -0.3 is 14.8 Å². The zero-order chi connectivity index (χ0) is 15.2. The fraction of sp³-hybridized carbons (Fsp3) is 0.944. The second kappa shape index (κ2) is 8.30. The van der Waals surface area contributed by atoms with E-state index in [0.29, 0.717) is 25.4 Å². The van der Waals surface area contributed by atoms with Gasteiger partial charge in [-0.2, -0.15) is 0 Å². The third-order valence-corrected chi connectivity index (χ3v) is 5.49. The molecule has 1 atom stereocenters. The summed E-state index contributed by atoms with van der Waals surface area (Å²) in [6, 6.07) is 0. The number of carbonyl (C=O) groups is 1. The summed E-state index contributed by atoms with van der Waals surface area (Å²) in [6.45, 7) is 1.24. The molecule has 0 spiro atoms. The van der Waals surface area contributed by atoms with Crippen LogP contribution in [0.5, 0.6) is 0 Å². The van der Waals surface area contributed by atoms with Gasteiger partial charge in [0.05, 0.1) is 24.9 Å². The molecule has 0 bridgehead atoms. The second-order valence-corrected chi connectivity index (χ2v) is 7.28. The van der Waals surface area contributed by atoms with E-state index in [0.717, 1.165) is 25.7 Å². The van der Waals surface area contributed by atoms with Crippen LogP contribution in [0.25, 0.3) is 0 Å². The first kappa shape index (κ1) is 16.3. The van der Waals surface area contributed by atoms with Gasteiger partial charge in [-0.3, -0.25) is 4.79 Å². The van der Waals surface area contributed by atoms with Crippen molar-refractivity contribution in [2.24, 2.45) is 5.92 Å². The molecule has 3 saturated carbocycles. The zero-order valence-corrected chi connectivity index (χ0v) is 13.7. The first-order chi connectivity index (χ1) is 10.8. The predicted octanol–water partition coefficient (Wildman–Crippen LogP) is 3.19. The summed E-state index contributed by atoms with van der Waals surface area (Å²) in [7, 11) is 0. The lowest BCUT2D eigenvalue weighted by atomic mass is 9.85. The van der Waals surface area contributed by atoms with Crippen LogP contribution in [0.1, 0.15) is 70.6 Å². The highest BCUT2D eigenvalue weighted by Crippen LogP contribution is 2.27. The van der Waals surface area contributed by atoms with Crippen molar-refractivity contribution < 1.29 is 14.3 Å². The van der Waals surface area contributed by atoms with E-state index in [9.17, 15) is 4.79 Å². The lowest BCUT2D eigenvalue weighted by molar-refractivity contribution is -0.129. The fourth-order valence-corrected chi connectivity index (χ4v) is 3.77. The van der Waals surface area contributed by atoms with E-state index >= 15 is 0 Å². The summed E-state index contributed by atoms with van der Waals surface area (Å²) in [4.78, 5) is 12.0. The smallest absolute Gasteiger partial charge is 0.223 e. The van der Waals surface area contributed by atoms with Crippen molar-refractivity contribution in [3.8, 4) is 0 Å². The average molecular weight is 309 g/mol. The van der Waals surface area contributed by atoms with E-state index in [1.807, 2.05) is 0 Å². The van der Waals surface area contributed by atoms with Crippen LogP contribution in [-0.4, -0.2) is 37.4 Å². The Balaban J connectivity index is 1.42. The van der Waals surface area contributed by atoms with E-state index in [4.69, 9.17) is 9.47 Å². The van der Waals surface area contributed by atoms with Crippen molar-refractivity contribution in [3.63, 3.8) is 0 Å². The summed E-state index contributed by atoms with van der Waals surface area (Å²) in [6.07, 6.45) is 13.9. The molecule has 1 amide bonds. The van der Waals surface area contributed by atoms with Gasteiger partial charge in [-0.25, -0.2) is 0 Å². The van der Waals surface area contributed by atoms with Crippen molar-refractivity contribution in [2.45, 2.75) is 88.9 Å². The highest BCUT2D eigenvalue weighted by atomic mass is 16.5. The number of hydrogen-bond donors (Lipinski definition) is 1. The Morgan fingerprint density at radius 2 is 1.55 bits per heavy atom. The Bertz CT molecular complexity index is 344. The molecule has 3 rings (SSSR count). The molecule has 4 nitrogen and oxygen atoms in total. The van der Waals surface area contributed by atoms with E-state index in [1.165, 1.54) is 44.9 Å². The van der Waals surface area contributed by atoms with Crippen molar-refractivity contribution in [2.75, 3.05) is 13.2 Å². The maximum atomic E-state index is 12.0. The molecule has 0 saturated heterocycles. The number of ether oxygens (including phenoxy) is 2. The molecule has 3 aliphatic carbocycles. The molecular weight excluding hydrogens is 278 g/mol. The summed E-state index contributed by atoms with van der Waals surface area (Å²) in [5, 5.41) is 3.09. The van der Waals surface area contributed by atoms with Gasteiger partial charge in [0.1, 0.15) is 0 Å². The maximum Gasteiger partial charge on any atom is 0.223 e. The number of hydrogen-bond acceptors (Lipinski definition) is 3. The summed E-state index contributed by atoms with van der Waals surface area (Å²) >= 11 is 0. The van der Waals surface area contributed by atoms with Gasteiger partial charge in [-0.15, -0.1) is 0 Å². The van der Waals surface area contributed by atoms with Crippen LogP contribution < -0.4 is 5.32 Å². The van der Waals surface area contributed by atoms with Crippen LogP contribution in [-0.2, 0) is 14.3 Å². The van der Waals surface area contributed by atoms with Gasteiger partial charge >= 0.3 is 0 Å². The number of rotatable bonds is 8. The SMILES string of the molecule is O=C(NCC(COC1CCCC1)OC1CCCC1)C1CCC1. The van der Waals surface area contributed by atoms with Gasteiger partial charge in [0.15, 0.2) is 0 Å². The van der Waals surface area contributed by atoms with Gasteiger partial charge in [-0.1, -0.05) is 32.1 Å². The quantitative estimate of drug-likeness (QED) is 0.749. The normalized spacial score (nSPS) is 25.3. The van der Waals surface area contributed by atoms with E-state index < -0.39 is 0 Å². The molecule has 0 aliphatic heterocycles. The minimum atomic E-state index is 0.0210. The largest absolute Gasteiger partial charge is 0.375 e. The molecule has 126 valence electrons. The Labute approximate surface area is 134 Å². The monoisotopic (exact) mass is 309 g/mol. The molecule has 0 aromatic rings. The number of nitrogens with one attached hydrogen (secondary N) is 1. The molecular formula is C18H31NO3. The molecule has 0 aromatic carbocycles. The Morgan fingerprint density at radius 3 is 2.14 bits per heavy atom. The van der Waals surface area contributed by atoms with Gasteiger partial charge in [0.2, 0.25) is 5.91 Å². The molecule has 0 heterocycles. The Hall–Kier alpha value is -0.610. The fourth-order valence-electron chi connectivity index (χ4n) is 3.77. The minimum absolute atomic E-state index is 0.0210. The molecule has 22 heavy (non-hydrogen) atoms. The molecule has 3 fully saturated rings. The molecule has 0 radical (unpaired) electrons. The topological polar surface area (TPSA) is 47.6 Å². The Kier molecular flexibility index (Phi) is 6.13.